The number of pyridine rings is 1. The minimum atomic E-state index is -0.940. The fourth-order valence-electron chi connectivity index (χ4n) is 5.28. The Morgan fingerprint density at radius 2 is 1.69 bits per heavy atom. The molecule has 0 radical (unpaired) electrons. The monoisotopic (exact) mass is 689 g/mol. The Kier molecular flexibility index (Phi) is 9.90. The number of hydrogen-bond donors (Lipinski definition) is 1. The highest BCUT2D eigenvalue weighted by molar-refractivity contribution is 6.30. The number of rotatable bonds is 10. The molecule has 1 aliphatic heterocycles. The SMILES string of the molecule is COc1cc2c(Oc3ccc(NC(=O)c4nn(-c5ccc(Cl)cc5)c(=O)n(C)c4=O)cc3F)ccnc2cc1OCCN1CCN(C)CC1. The van der Waals surface area contributed by atoms with Crippen LogP contribution in [0.5, 0.6) is 23.0 Å². The van der Waals surface area contributed by atoms with Gasteiger partial charge in [-0.1, -0.05) is 11.6 Å². The number of hydrogen-bond acceptors (Lipinski definition) is 10. The van der Waals surface area contributed by atoms with Crippen molar-refractivity contribution in [3.8, 4) is 28.7 Å². The van der Waals surface area contributed by atoms with Crippen LogP contribution in [0.4, 0.5) is 10.1 Å². The summed E-state index contributed by atoms with van der Waals surface area (Å²) < 4.78 is 34.6. The van der Waals surface area contributed by atoms with Crippen molar-refractivity contribution in [3.63, 3.8) is 0 Å². The minimum absolute atomic E-state index is 0.0302. The maximum absolute atomic E-state index is 15.3. The molecular weight excluding hydrogens is 657 g/mol. The molecule has 3 aromatic carbocycles. The van der Waals surface area contributed by atoms with Crippen LogP contribution in [-0.2, 0) is 7.05 Å². The zero-order valence-corrected chi connectivity index (χ0v) is 27.7. The van der Waals surface area contributed by atoms with E-state index in [2.05, 4.69) is 32.2 Å². The summed E-state index contributed by atoms with van der Waals surface area (Å²) in [6.45, 7) is 5.27. The summed E-state index contributed by atoms with van der Waals surface area (Å²) in [4.78, 5) is 47.7. The van der Waals surface area contributed by atoms with Crippen molar-refractivity contribution >= 4 is 34.1 Å². The number of halogens is 2. The number of carbonyl (C=O) groups excluding carboxylic acids is 1. The van der Waals surface area contributed by atoms with Crippen molar-refractivity contribution in [3.05, 3.63) is 104 Å². The van der Waals surface area contributed by atoms with Gasteiger partial charge in [0.2, 0.25) is 5.69 Å². The molecule has 0 bridgehead atoms. The molecule has 0 aliphatic carbocycles. The Bertz CT molecular complexity index is 2130. The summed E-state index contributed by atoms with van der Waals surface area (Å²) in [5, 5.41) is 7.44. The predicted octanol–water partition coefficient (Wildman–Crippen LogP) is 3.95. The number of benzene rings is 3. The minimum Gasteiger partial charge on any atom is -0.493 e. The lowest BCUT2D eigenvalue weighted by atomic mass is 10.1. The number of carbonyl (C=O) groups is 1. The van der Waals surface area contributed by atoms with E-state index in [4.69, 9.17) is 25.8 Å². The van der Waals surface area contributed by atoms with Crippen molar-refractivity contribution in [2.45, 2.75) is 0 Å². The lowest BCUT2D eigenvalue weighted by Gasteiger charge is -2.32. The Hall–Kier alpha value is -5.31. The van der Waals surface area contributed by atoms with Crippen molar-refractivity contribution < 1.29 is 23.4 Å². The first-order chi connectivity index (χ1) is 23.6. The van der Waals surface area contributed by atoms with Gasteiger partial charge in [-0.2, -0.15) is 9.78 Å². The van der Waals surface area contributed by atoms with E-state index in [-0.39, 0.29) is 17.1 Å². The van der Waals surface area contributed by atoms with Gasteiger partial charge in [0, 0.05) is 74.2 Å². The van der Waals surface area contributed by atoms with Gasteiger partial charge in [0.25, 0.3) is 11.5 Å². The summed E-state index contributed by atoms with van der Waals surface area (Å²) in [5.41, 5.74) is -1.37. The van der Waals surface area contributed by atoms with Crippen LogP contribution in [0.2, 0.25) is 5.02 Å². The number of methoxy groups -OCH3 is 1. The fourth-order valence-corrected chi connectivity index (χ4v) is 5.41. The molecule has 1 saturated heterocycles. The number of piperazine rings is 1. The average molecular weight is 690 g/mol. The van der Waals surface area contributed by atoms with Crippen molar-refractivity contribution in [1.82, 2.24) is 29.1 Å². The van der Waals surface area contributed by atoms with E-state index < -0.39 is 28.7 Å². The van der Waals surface area contributed by atoms with E-state index in [0.29, 0.717) is 39.8 Å². The van der Waals surface area contributed by atoms with Gasteiger partial charge < -0.3 is 24.4 Å². The lowest BCUT2D eigenvalue weighted by molar-refractivity contribution is 0.101. The standard InChI is InChI=1S/C34H33ClFN7O6/c1-40-12-14-42(15-13-40)16-17-48-30-20-26-24(19-29(30)47-3)27(10-11-37-26)49-28-9-6-22(18-25(28)36)38-32(44)31-33(45)41(2)34(46)43(39-31)23-7-4-21(35)5-8-23/h4-11,18-20H,12-17H2,1-3H3,(H,38,44). The van der Waals surface area contributed by atoms with Crippen LogP contribution in [0.3, 0.4) is 0 Å². The zero-order valence-electron chi connectivity index (χ0n) is 27.0. The molecule has 0 atom stereocenters. The first-order valence-corrected chi connectivity index (χ1v) is 15.7. The maximum Gasteiger partial charge on any atom is 0.351 e. The number of ether oxygens (including phenoxy) is 3. The van der Waals surface area contributed by atoms with Gasteiger partial charge in [-0.3, -0.25) is 24.0 Å². The number of nitrogens with one attached hydrogen (secondary N) is 1. The van der Waals surface area contributed by atoms with Crippen molar-refractivity contribution in [2.75, 3.05) is 58.8 Å². The molecule has 0 saturated carbocycles. The molecule has 6 rings (SSSR count). The van der Waals surface area contributed by atoms with Crippen LogP contribution in [0.25, 0.3) is 16.6 Å². The largest absolute Gasteiger partial charge is 0.493 e. The van der Waals surface area contributed by atoms with Crippen LogP contribution in [0.15, 0.2) is 76.4 Å². The smallest absolute Gasteiger partial charge is 0.351 e. The van der Waals surface area contributed by atoms with E-state index in [1.165, 1.54) is 50.6 Å². The van der Waals surface area contributed by atoms with E-state index >= 15 is 4.39 Å². The number of likely N-dealkylation sites (N-methyl/N-ethyl adjacent to an activating group) is 1. The van der Waals surface area contributed by atoms with Gasteiger partial charge >= 0.3 is 5.69 Å². The van der Waals surface area contributed by atoms with E-state index in [1.807, 2.05) is 0 Å². The van der Waals surface area contributed by atoms with Crippen LogP contribution in [-0.4, -0.2) is 88.5 Å². The first-order valence-electron chi connectivity index (χ1n) is 15.4. The van der Waals surface area contributed by atoms with Crippen LogP contribution in [0.1, 0.15) is 10.5 Å². The maximum atomic E-state index is 15.3. The fraction of sp³-hybridized carbons (Fsp3) is 0.265. The second kappa shape index (κ2) is 14.4. The topological polar surface area (TPSA) is 133 Å². The second-order valence-electron chi connectivity index (χ2n) is 11.4. The molecule has 0 spiro atoms. The first kappa shape index (κ1) is 33.6. The third-order valence-corrected chi connectivity index (χ3v) is 8.37. The quantitative estimate of drug-likeness (QED) is 0.230. The predicted molar refractivity (Wildman–Crippen MR) is 182 cm³/mol. The number of amides is 1. The van der Waals surface area contributed by atoms with Gasteiger partial charge in [0.1, 0.15) is 12.4 Å². The third kappa shape index (κ3) is 7.41. The van der Waals surface area contributed by atoms with Gasteiger partial charge in [-0.25, -0.2) is 9.18 Å². The molecule has 1 fully saturated rings. The summed E-state index contributed by atoms with van der Waals surface area (Å²) in [6.07, 6.45) is 1.54. The third-order valence-electron chi connectivity index (χ3n) is 8.12. The molecule has 13 nitrogen and oxygen atoms in total. The highest BCUT2D eigenvalue weighted by Crippen LogP contribution is 2.38. The Labute approximate surface area is 285 Å². The number of fused-ring (bicyclic) bond motifs is 1. The molecule has 254 valence electrons. The normalized spacial score (nSPS) is 13.7. The number of aromatic nitrogens is 4. The molecule has 5 aromatic rings. The summed E-state index contributed by atoms with van der Waals surface area (Å²) in [5.74, 6) is -0.518. The Balaban J connectivity index is 1.18. The number of nitrogens with zero attached hydrogens (tertiary/aromatic N) is 6. The van der Waals surface area contributed by atoms with E-state index in [9.17, 15) is 14.4 Å². The van der Waals surface area contributed by atoms with Gasteiger partial charge in [-0.05, 0) is 55.6 Å². The molecule has 1 amide bonds. The van der Waals surface area contributed by atoms with Crippen molar-refractivity contribution in [1.29, 1.82) is 0 Å². The summed E-state index contributed by atoms with van der Waals surface area (Å²) >= 11 is 5.94. The molecule has 49 heavy (non-hydrogen) atoms. The van der Waals surface area contributed by atoms with Gasteiger partial charge in [0.15, 0.2) is 23.1 Å². The molecule has 15 heteroatoms. The molecule has 0 unspecified atom stereocenters. The van der Waals surface area contributed by atoms with Gasteiger partial charge in [-0.15, -0.1) is 0 Å². The zero-order chi connectivity index (χ0) is 34.7. The highest BCUT2D eigenvalue weighted by atomic mass is 35.5. The van der Waals surface area contributed by atoms with Gasteiger partial charge in [0.05, 0.1) is 18.3 Å². The van der Waals surface area contributed by atoms with Crippen LogP contribution in [0, 0.1) is 5.82 Å². The highest BCUT2D eigenvalue weighted by Gasteiger charge is 2.21. The Morgan fingerprint density at radius 3 is 2.41 bits per heavy atom. The molecule has 1 aliphatic rings. The van der Waals surface area contributed by atoms with Crippen LogP contribution < -0.4 is 30.8 Å². The number of anilines is 1. The lowest BCUT2D eigenvalue weighted by Crippen LogP contribution is -2.45. The summed E-state index contributed by atoms with van der Waals surface area (Å²) in [6, 6.07) is 15.0. The average Bonchev–Trinajstić information content (AvgIpc) is 3.09. The molecule has 2 aromatic heterocycles. The Morgan fingerprint density at radius 1 is 0.939 bits per heavy atom. The van der Waals surface area contributed by atoms with E-state index in [1.54, 1.807) is 24.4 Å². The molecule has 1 N–H and O–H groups in total. The second-order valence-corrected chi connectivity index (χ2v) is 11.8. The molecular formula is C34H33ClFN7O6. The molecule has 3 heterocycles. The van der Waals surface area contributed by atoms with E-state index in [0.717, 1.165) is 48.0 Å². The van der Waals surface area contributed by atoms with Crippen molar-refractivity contribution in [2.24, 2.45) is 7.05 Å². The summed E-state index contributed by atoms with van der Waals surface area (Å²) in [7, 11) is 4.88. The van der Waals surface area contributed by atoms with Crippen LogP contribution >= 0.6 is 11.6 Å².